The highest BCUT2D eigenvalue weighted by Gasteiger charge is 2.34. The fourth-order valence-corrected chi connectivity index (χ4v) is 3.87. The van der Waals surface area contributed by atoms with E-state index >= 15 is 0 Å². The Morgan fingerprint density at radius 2 is 1.83 bits per heavy atom. The van der Waals surface area contributed by atoms with E-state index in [1.165, 1.54) is 6.92 Å². The van der Waals surface area contributed by atoms with Crippen molar-refractivity contribution in [3.63, 3.8) is 0 Å². The summed E-state index contributed by atoms with van der Waals surface area (Å²) in [6, 6.07) is 12.5. The van der Waals surface area contributed by atoms with Gasteiger partial charge in [-0.05, 0) is 75.7 Å². The molecule has 154 valence electrons. The van der Waals surface area contributed by atoms with Crippen LogP contribution in [0.5, 0.6) is 11.5 Å². The molecule has 6 heteroatoms. The molecule has 3 rings (SSSR count). The lowest BCUT2D eigenvalue weighted by atomic mass is 10.0. The minimum atomic E-state index is -0.314. The van der Waals surface area contributed by atoms with Crippen LogP contribution in [0.3, 0.4) is 0 Å². The zero-order chi connectivity index (χ0) is 21.0. The number of nitrogens with one attached hydrogen (secondary N) is 1. The number of methoxy groups -OCH3 is 2. The molecule has 0 saturated carbocycles. The number of anilines is 1. The van der Waals surface area contributed by atoms with E-state index in [9.17, 15) is 9.59 Å². The SMILES string of the molecule is COc1ccc(OC)c([C@H]2CCCN2[C@@H](C)C(=O)Nc2ccc(C(C)=O)cc2)c1. The number of hydrogen-bond acceptors (Lipinski definition) is 5. The van der Waals surface area contributed by atoms with Gasteiger partial charge in [0.1, 0.15) is 11.5 Å². The van der Waals surface area contributed by atoms with E-state index < -0.39 is 0 Å². The van der Waals surface area contributed by atoms with Crippen molar-refractivity contribution >= 4 is 17.4 Å². The lowest BCUT2D eigenvalue weighted by Gasteiger charge is -2.31. The summed E-state index contributed by atoms with van der Waals surface area (Å²) in [6.07, 6.45) is 1.96. The number of likely N-dealkylation sites (tertiary alicyclic amines) is 1. The van der Waals surface area contributed by atoms with Gasteiger partial charge in [-0.2, -0.15) is 0 Å². The van der Waals surface area contributed by atoms with Gasteiger partial charge < -0.3 is 14.8 Å². The second-order valence-corrected chi connectivity index (χ2v) is 7.30. The Morgan fingerprint density at radius 1 is 1.10 bits per heavy atom. The Morgan fingerprint density at radius 3 is 2.45 bits per heavy atom. The van der Waals surface area contributed by atoms with Gasteiger partial charge >= 0.3 is 0 Å². The fraction of sp³-hybridized carbons (Fsp3) is 0.391. The summed E-state index contributed by atoms with van der Waals surface area (Å²) in [6.45, 7) is 4.28. The number of ketones is 1. The number of nitrogens with zero attached hydrogens (tertiary/aromatic N) is 1. The van der Waals surface area contributed by atoms with Crippen LogP contribution in [0.25, 0.3) is 0 Å². The highest BCUT2D eigenvalue weighted by Crippen LogP contribution is 2.40. The Kier molecular flexibility index (Phi) is 6.54. The van der Waals surface area contributed by atoms with E-state index in [1.807, 2.05) is 25.1 Å². The smallest absolute Gasteiger partial charge is 0.241 e. The number of carbonyl (C=O) groups excluding carboxylic acids is 2. The van der Waals surface area contributed by atoms with Gasteiger partial charge in [-0.3, -0.25) is 14.5 Å². The first-order valence-corrected chi connectivity index (χ1v) is 9.84. The van der Waals surface area contributed by atoms with Crippen molar-refractivity contribution in [1.82, 2.24) is 4.90 Å². The maximum atomic E-state index is 12.9. The van der Waals surface area contributed by atoms with Crippen LogP contribution >= 0.6 is 0 Å². The molecule has 0 radical (unpaired) electrons. The van der Waals surface area contributed by atoms with Crippen LogP contribution in [0.4, 0.5) is 5.69 Å². The average Bonchev–Trinajstić information content (AvgIpc) is 3.22. The van der Waals surface area contributed by atoms with Crippen LogP contribution < -0.4 is 14.8 Å². The van der Waals surface area contributed by atoms with E-state index in [1.54, 1.807) is 38.5 Å². The number of carbonyl (C=O) groups is 2. The molecule has 0 aromatic heterocycles. The predicted octanol–water partition coefficient (Wildman–Crippen LogP) is 4.07. The molecule has 1 N–H and O–H groups in total. The Labute approximate surface area is 171 Å². The number of amides is 1. The third-order valence-electron chi connectivity index (χ3n) is 5.53. The number of benzene rings is 2. The second-order valence-electron chi connectivity index (χ2n) is 7.30. The molecule has 2 atom stereocenters. The van der Waals surface area contributed by atoms with E-state index in [0.29, 0.717) is 11.3 Å². The zero-order valence-electron chi connectivity index (χ0n) is 17.4. The molecule has 1 aliphatic heterocycles. The molecule has 1 heterocycles. The van der Waals surface area contributed by atoms with E-state index in [0.717, 1.165) is 36.4 Å². The molecular weight excluding hydrogens is 368 g/mol. The molecule has 29 heavy (non-hydrogen) atoms. The fourth-order valence-electron chi connectivity index (χ4n) is 3.87. The Balaban J connectivity index is 1.76. The Bertz CT molecular complexity index is 879. The molecule has 0 bridgehead atoms. The van der Waals surface area contributed by atoms with Crippen molar-refractivity contribution < 1.29 is 19.1 Å². The van der Waals surface area contributed by atoms with Gasteiger partial charge in [-0.1, -0.05) is 0 Å². The normalized spacial score (nSPS) is 17.6. The topological polar surface area (TPSA) is 67.9 Å². The van der Waals surface area contributed by atoms with E-state index in [-0.39, 0.29) is 23.8 Å². The van der Waals surface area contributed by atoms with Gasteiger partial charge in [-0.15, -0.1) is 0 Å². The first-order valence-electron chi connectivity index (χ1n) is 9.84. The summed E-state index contributed by atoms with van der Waals surface area (Å²) >= 11 is 0. The average molecular weight is 396 g/mol. The van der Waals surface area contributed by atoms with Crippen molar-refractivity contribution in [2.45, 2.75) is 38.8 Å². The van der Waals surface area contributed by atoms with Gasteiger partial charge in [0, 0.05) is 22.9 Å². The molecule has 0 unspecified atom stereocenters. The van der Waals surface area contributed by atoms with Crippen molar-refractivity contribution in [2.75, 3.05) is 26.1 Å². The van der Waals surface area contributed by atoms with Crippen molar-refractivity contribution in [3.8, 4) is 11.5 Å². The summed E-state index contributed by atoms with van der Waals surface area (Å²) in [5.41, 5.74) is 2.34. The number of Topliss-reactive ketones (excluding diaryl/α,β-unsaturated/α-hetero) is 1. The molecule has 0 aliphatic carbocycles. The second kappa shape index (κ2) is 9.09. The maximum absolute atomic E-state index is 12.9. The highest BCUT2D eigenvalue weighted by molar-refractivity contribution is 5.97. The predicted molar refractivity (Wildman–Crippen MR) is 113 cm³/mol. The molecule has 2 aromatic rings. The third-order valence-corrected chi connectivity index (χ3v) is 5.53. The van der Waals surface area contributed by atoms with Crippen LogP contribution in [-0.2, 0) is 4.79 Å². The van der Waals surface area contributed by atoms with Gasteiger partial charge in [0.2, 0.25) is 5.91 Å². The minimum Gasteiger partial charge on any atom is -0.497 e. The summed E-state index contributed by atoms with van der Waals surface area (Å²) in [5.74, 6) is 1.50. The lowest BCUT2D eigenvalue weighted by molar-refractivity contribution is -0.121. The molecule has 0 spiro atoms. The van der Waals surface area contributed by atoms with Crippen molar-refractivity contribution in [3.05, 3.63) is 53.6 Å². The summed E-state index contributed by atoms with van der Waals surface area (Å²) in [4.78, 5) is 26.5. The molecule has 2 aromatic carbocycles. The van der Waals surface area contributed by atoms with Crippen LogP contribution in [0.2, 0.25) is 0 Å². The number of ether oxygens (including phenoxy) is 2. The van der Waals surface area contributed by atoms with Gasteiger partial charge in [0.15, 0.2) is 5.78 Å². The zero-order valence-corrected chi connectivity index (χ0v) is 17.4. The summed E-state index contributed by atoms with van der Waals surface area (Å²) < 4.78 is 10.9. The third kappa shape index (κ3) is 4.59. The standard InChI is InChI=1S/C23H28N2O4/c1-15(23(27)24-18-9-7-17(8-10-18)16(2)26)25-13-5-6-21(25)20-14-19(28-3)11-12-22(20)29-4/h7-12,14-15,21H,5-6,13H2,1-4H3,(H,24,27)/t15-,21+/m0/s1. The quantitative estimate of drug-likeness (QED) is 0.715. The molecular formula is C23H28N2O4. The lowest BCUT2D eigenvalue weighted by Crippen LogP contribution is -2.41. The van der Waals surface area contributed by atoms with Crippen LogP contribution in [0.1, 0.15) is 48.7 Å². The number of hydrogen-bond donors (Lipinski definition) is 1. The molecule has 6 nitrogen and oxygen atoms in total. The first-order chi connectivity index (χ1) is 13.9. The molecule has 1 aliphatic rings. The monoisotopic (exact) mass is 396 g/mol. The van der Waals surface area contributed by atoms with Crippen LogP contribution in [0, 0.1) is 0 Å². The molecule has 1 fully saturated rings. The van der Waals surface area contributed by atoms with E-state index in [4.69, 9.17) is 9.47 Å². The van der Waals surface area contributed by atoms with Gasteiger partial charge in [0.25, 0.3) is 0 Å². The van der Waals surface area contributed by atoms with Gasteiger partial charge in [0.05, 0.1) is 20.3 Å². The highest BCUT2D eigenvalue weighted by atomic mass is 16.5. The first kappa shape index (κ1) is 20.9. The Hall–Kier alpha value is -2.86. The molecule has 1 saturated heterocycles. The van der Waals surface area contributed by atoms with Crippen LogP contribution in [0.15, 0.2) is 42.5 Å². The minimum absolute atomic E-state index is 0.00314. The van der Waals surface area contributed by atoms with E-state index in [2.05, 4.69) is 10.2 Å². The molecule has 1 amide bonds. The largest absolute Gasteiger partial charge is 0.497 e. The number of rotatable bonds is 7. The van der Waals surface area contributed by atoms with Crippen LogP contribution in [-0.4, -0.2) is 43.4 Å². The maximum Gasteiger partial charge on any atom is 0.241 e. The summed E-state index contributed by atoms with van der Waals surface area (Å²) in [7, 11) is 3.30. The summed E-state index contributed by atoms with van der Waals surface area (Å²) in [5, 5.41) is 2.96. The van der Waals surface area contributed by atoms with Gasteiger partial charge in [-0.25, -0.2) is 0 Å². The van der Waals surface area contributed by atoms with Crippen molar-refractivity contribution in [2.24, 2.45) is 0 Å². The van der Waals surface area contributed by atoms with Crippen molar-refractivity contribution in [1.29, 1.82) is 0 Å².